The Kier molecular flexibility index (Phi) is 6.87. The monoisotopic (exact) mass is 305 g/mol. The van der Waals surface area contributed by atoms with Crippen molar-refractivity contribution in [2.75, 3.05) is 13.2 Å². The van der Waals surface area contributed by atoms with E-state index in [4.69, 9.17) is 9.84 Å². The maximum atomic E-state index is 10.8. The smallest absolute Gasteiger partial charge is 0.335 e. The van der Waals surface area contributed by atoms with Crippen LogP contribution in [-0.4, -0.2) is 30.3 Å². The molecule has 0 aliphatic heterocycles. The van der Waals surface area contributed by atoms with Gasteiger partial charge in [-0.15, -0.1) is 0 Å². The van der Waals surface area contributed by atoms with E-state index in [2.05, 4.69) is 12.2 Å². The molecule has 2 rings (SSSR count). The molecule has 1 saturated carbocycles. The summed E-state index contributed by atoms with van der Waals surface area (Å²) in [5, 5.41) is 12.3. The average molecular weight is 305 g/mol. The molecule has 22 heavy (non-hydrogen) atoms. The molecular weight excluding hydrogens is 278 g/mol. The van der Waals surface area contributed by atoms with Gasteiger partial charge in [-0.05, 0) is 56.3 Å². The number of ether oxygens (including phenoxy) is 1. The summed E-state index contributed by atoms with van der Waals surface area (Å²) in [6, 6.07) is 7.04. The van der Waals surface area contributed by atoms with Crippen molar-refractivity contribution in [2.24, 2.45) is 5.92 Å². The van der Waals surface area contributed by atoms with Gasteiger partial charge in [-0.25, -0.2) is 4.79 Å². The van der Waals surface area contributed by atoms with Crippen molar-refractivity contribution in [2.45, 2.75) is 51.7 Å². The van der Waals surface area contributed by atoms with Crippen LogP contribution >= 0.6 is 0 Å². The van der Waals surface area contributed by atoms with Gasteiger partial charge < -0.3 is 15.2 Å². The SMILES string of the molecule is CCOC(CCNCc1ccc(C(=O)O)cc1)C1CCCC1. The molecule has 0 amide bonds. The maximum Gasteiger partial charge on any atom is 0.335 e. The summed E-state index contributed by atoms with van der Waals surface area (Å²) in [7, 11) is 0. The third-order valence-corrected chi connectivity index (χ3v) is 4.44. The highest BCUT2D eigenvalue weighted by Gasteiger charge is 2.24. The molecule has 1 fully saturated rings. The van der Waals surface area contributed by atoms with Gasteiger partial charge in [-0.2, -0.15) is 0 Å². The highest BCUT2D eigenvalue weighted by Crippen LogP contribution is 2.30. The lowest BCUT2D eigenvalue weighted by atomic mass is 9.98. The van der Waals surface area contributed by atoms with Crippen LogP contribution in [-0.2, 0) is 11.3 Å². The third kappa shape index (κ3) is 5.11. The summed E-state index contributed by atoms with van der Waals surface area (Å²) >= 11 is 0. The Morgan fingerprint density at radius 3 is 2.59 bits per heavy atom. The molecule has 1 aromatic rings. The molecule has 4 heteroatoms. The first-order valence-electron chi connectivity index (χ1n) is 8.35. The van der Waals surface area contributed by atoms with Crippen LogP contribution in [0.25, 0.3) is 0 Å². The molecule has 1 aliphatic carbocycles. The number of aromatic carboxylic acids is 1. The number of hydrogen-bond acceptors (Lipinski definition) is 3. The fourth-order valence-electron chi connectivity index (χ4n) is 3.24. The van der Waals surface area contributed by atoms with Crippen LogP contribution in [0.4, 0.5) is 0 Å². The predicted octanol–water partition coefficient (Wildman–Crippen LogP) is 3.46. The minimum Gasteiger partial charge on any atom is -0.478 e. The second-order valence-electron chi connectivity index (χ2n) is 6.01. The fourth-order valence-corrected chi connectivity index (χ4v) is 3.24. The number of carboxylic acid groups (broad SMARTS) is 1. The Bertz CT molecular complexity index is 452. The quantitative estimate of drug-likeness (QED) is 0.686. The van der Waals surface area contributed by atoms with Crippen LogP contribution in [0, 0.1) is 5.92 Å². The average Bonchev–Trinajstić information content (AvgIpc) is 3.05. The summed E-state index contributed by atoms with van der Waals surface area (Å²) in [4.78, 5) is 10.8. The molecule has 0 heterocycles. The highest BCUT2D eigenvalue weighted by molar-refractivity contribution is 5.87. The molecule has 0 saturated heterocycles. The largest absolute Gasteiger partial charge is 0.478 e. The van der Waals surface area contributed by atoms with E-state index in [9.17, 15) is 4.79 Å². The van der Waals surface area contributed by atoms with E-state index in [-0.39, 0.29) is 0 Å². The van der Waals surface area contributed by atoms with Crippen LogP contribution in [0.3, 0.4) is 0 Å². The molecule has 0 radical (unpaired) electrons. The molecule has 1 aliphatic rings. The van der Waals surface area contributed by atoms with Crippen molar-refractivity contribution in [1.82, 2.24) is 5.32 Å². The second-order valence-corrected chi connectivity index (χ2v) is 6.01. The van der Waals surface area contributed by atoms with Crippen LogP contribution in [0.1, 0.15) is 54.9 Å². The van der Waals surface area contributed by atoms with Gasteiger partial charge >= 0.3 is 5.97 Å². The van der Waals surface area contributed by atoms with E-state index < -0.39 is 5.97 Å². The number of carbonyl (C=O) groups is 1. The molecule has 2 N–H and O–H groups in total. The number of nitrogens with one attached hydrogen (secondary N) is 1. The van der Waals surface area contributed by atoms with Gasteiger partial charge in [0, 0.05) is 13.2 Å². The molecule has 1 unspecified atom stereocenters. The van der Waals surface area contributed by atoms with Crippen LogP contribution in [0.2, 0.25) is 0 Å². The molecule has 1 aromatic carbocycles. The van der Waals surface area contributed by atoms with E-state index in [0.717, 1.165) is 37.6 Å². The van der Waals surface area contributed by atoms with E-state index in [1.807, 2.05) is 12.1 Å². The molecular formula is C18H27NO3. The first-order chi connectivity index (χ1) is 10.7. The summed E-state index contributed by atoms with van der Waals surface area (Å²) in [5.41, 5.74) is 1.44. The predicted molar refractivity (Wildman–Crippen MR) is 87.1 cm³/mol. The summed E-state index contributed by atoms with van der Waals surface area (Å²) in [6.45, 7) is 4.56. The first kappa shape index (κ1) is 17.0. The van der Waals surface area contributed by atoms with Gasteiger partial charge in [0.25, 0.3) is 0 Å². The minimum atomic E-state index is -0.879. The van der Waals surface area contributed by atoms with Crippen LogP contribution in [0.15, 0.2) is 24.3 Å². The van der Waals surface area contributed by atoms with Gasteiger partial charge in [-0.1, -0.05) is 25.0 Å². The highest BCUT2D eigenvalue weighted by atomic mass is 16.5. The molecule has 4 nitrogen and oxygen atoms in total. The molecule has 1 atom stereocenters. The molecule has 0 bridgehead atoms. The lowest BCUT2D eigenvalue weighted by Gasteiger charge is -2.23. The van der Waals surface area contributed by atoms with E-state index in [1.165, 1.54) is 25.7 Å². The van der Waals surface area contributed by atoms with Crippen molar-refractivity contribution in [1.29, 1.82) is 0 Å². The second kappa shape index (κ2) is 8.91. The normalized spacial score (nSPS) is 16.8. The van der Waals surface area contributed by atoms with E-state index in [1.54, 1.807) is 12.1 Å². The van der Waals surface area contributed by atoms with E-state index in [0.29, 0.717) is 11.7 Å². The Hall–Kier alpha value is -1.39. The van der Waals surface area contributed by atoms with Gasteiger partial charge in [0.15, 0.2) is 0 Å². The lowest BCUT2D eigenvalue weighted by molar-refractivity contribution is 0.0162. The summed E-state index contributed by atoms with van der Waals surface area (Å²) < 4.78 is 5.91. The van der Waals surface area contributed by atoms with Gasteiger partial charge in [0.05, 0.1) is 11.7 Å². The van der Waals surface area contributed by atoms with Gasteiger partial charge in [0.2, 0.25) is 0 Å². The Balaban J connectivity index is 1.71. The Labute approximate surface area is 132 Å². The molecule has 0 spiro atoms. The topological polar surface area (TPSA) is 58.6 Å². The van der Waals surface area contributed by atoms with E-state index >= 15 is 0 Å². The Morgan fingerprint density at radius 1 is 1.32 bits per heavy atom. The minimum absolute atomic E-state index is 0.335. The van der Waals surface area contributed by atoms with Crippen molar-refractivity contribution >= 4 is 5.97 Å². The number of hydrogen-bond donors (Lipinski definition) is 2. The summed E-state index contributed by atoms with van der Waals surface area (Å²) in [5.74, 6) is -0.146. The standard InChI is InChI=1S/C18H27NO3/c1-2-22-17(15-5-3-4-6-15)11-12-19-13-14-7-9-16(10-8-14)18(20)21/h7-10,15,17,19H,2-6,11-13H2,1H3,(H,20,21). The summed E-state index contributed by atoms with van der Waals surface area (Å²) in [6.07, 6.45) is 6.73. The number of rotatable bonds is 9. The van der Waals surface area contributed by atoms with Crippen LogP contribution in [0.5, 0.6) is 0 Å². The maximum absolute atomic E-state index is 10.8. The van der Waals surface area contributed by atoms with Crippen LogP contribution < -0.4 is 5.32 Å². The fraction of sp³-hybridized carbons (Fsp3) is 0.611. The molecule has 122 valence electrons. The van der Waals surface area contributed by atoms with Crippen molar-refractivity contribution in [3.8, 4) is 0 Å². The zero-order valence-electron chi connectivity index (χ0n) is 13.4. The zero-order valence-corrected chi connectivity index (χ0v) is 13.4. The van der Waals surface area contributed by atoms with Crippen molar-refractivity contribution in [3.63, 3.8) is 0 Å². The van der Waals surface area contributed by atoms with Gasteiger partial charge in [0.1, 0.15) is 0 Å². The van der Waals surface area contributed by atoms with Crippen molar-refractivity contribution in [3.05, 3.63) is 35.4 Å². The number of carboxylic acids is 1. The van der Waals surface area contributed by atoms with Gasteiger partial charge in [-0.3, -0.25) is 0 Å². The van der Waals surface area contributed by atoms with Crippen molar-refractivity contribution < 1.29 is 14.6 Å². The Morgan fingerprint density at radius 2 is 2.00 bits per heavy atom. The third-order valence-electron chi connectivity index (χ3n) is 4.44. The lowest BCUT2D eigenvalue weighted by Crippen LogP contribution is -2.27. The zero-order chi connectivity index (χ0) is 15.8. The molecule has 0 aromatic heterocycles. The first-order valence-corrected chi connectivity index (χ1v) is 8.35. The number of benzene rings is 1.